The summed E-state index contributed by atoms with van der Waals surface area (Å²) >= 11 is 6.31. The fourth-order valence-corrected chi connectivity index (χ4v) is 6.39. The van der Waals surface area contributed by atoms with Gasteiger partial charge in [0.1, 0.15) is 0 Å². The minimum Gasteiger partial charge on any atom is -0.453 e. The highest BCUT2D eigenvalue weighted by Crippen LogP contribution is 2.34. The standard InChI is InChI=1S/C32H51ClN4O6/c1-3-4-15-34-29(39)21-28(38)27(19-23-10-6-5-7-11-23)36-31(40)37-17-9-13-25(22-37)30(24-12-8-14-26(33)20-24)43-18-16-35-32(41)42-2/h8,12,14,20,23,25,27-28,30,38H,3-7,9-11,13,15-19,21-22H2,1-2H3,(H,34,39)(H,35,41)(H,36,40)/t25-,27?,28?,30+/m1/s1. The van der Waals surface area contributed by atoms with E-state index in [-0.39, 0.29) is 43.5 Å². The summed E-state index contributed by atoms with van der Waals surface area (Å²) in [5, 5.41) is 20.4. The molecule has 1 saturated heterocycles. The number of alkyl carbamates (subject to hydrolysis) is 1. The number of halogens is 1. The van der Waals surface area contributed by atoms with Crippen LogP contribution in [0.1, 0.15) is 89.2 Å². The highest BCUT2D eigenvalue weighted by molar-refractivity contribution is 6.30. The monoisotopic (exact) mass is 622 g/mol. The first kappa shape index (κ1) is 34.9. The Hall–Kier alpha value is -2.56. The number of unbranched alkanes of at least 4 members (excludes halogenated alkanes) is 1. The van der Waals surface area contributed by atoms with Crippen molar-refractivity contribution < 1.29 is 29.0 Å². The smallest absolute Gasteiger partial charge is 0.406 e. The van der Waals surface area contributed by atoms with Crippen LogP contribution >= 0.6 is 11.6 Å². The van der Waals surface area contributed by atoms with Gasteiger partial charge in [0.25, 0.3) is 0 Å². The van der Waals surface area contributed by atoms with Crippen LogP contribution in [0.15, 0.2) is 24.3 Å². The van der Waals surface area contributed by atoms with E-state index < -0.39 is 18.2 Å². The number of hydrogen-bond donors (Lipinski definition) is 4. The van der Waals surface area contributed by atoms with E-state index in [4.69, 9.17) is 16.3 Å². The molecule has 0 aromatic heterocycles. The molecule has 1 aromatic rings. The number of aliphatic hydroxyl groups is 1. The van der Waals surface area contributed by atoms with Crippen molar-refractivity contribution in [2.75, 3.05) is 39.9 Å². The van der Waals surface area contributed by atoms with Crippen molar-refractivity contribution in [3.63, 3.8) is 0 Å². The number of carbonyl (C=O) groups is 3. The van der Waals surface area contributed by atoms with E-state index in [2.05, 4.69) is 27.6 Å². The van der Waals surface area contributed by atoms with E-state index in [0.29, 0.717) is 37.0 Å². The summed E-state index contributed by atoms with van der Waals surface area (Å²) in [6, 6.07) is 6.80. The van der Waals surface area contributed by atoms with Gasteiger partial charge in [-0.25, -0.2) is 9.59 Å². The molecule has 0 bridgehead atoms. The van der Waals surface area contributed by atoms with Crippen molar-refractivity contribution in [1.29, 1.82) is 0 Å². The van der Waals surface area contributed by atoms with Crippen LogP contribution in [-0.2, 0) is 14.3 Å². The largest absolute Gasteiger partial charge is 0.453 e. The fourth-order valence-electron chi connectivity index (χ4n) is 6.19. The van der Waals surface area contributed by atoms with Crippen molar-refractivity contribution in [3.8, 4) is 0 Å². The maximum absolute atomic E-state index is 13.7. The topological polar surface area (TPSA) is 129 Å². The number of piperidine rings is 1. The molecule has 3 rings (SSSR count). The second kappa shape index (κ2) is 19.0. The van der Waals surface area contributed by atoms with Gasteiger partial charge in [0.2, 0.25) is 5.91 Å². The molecule has 11 heteroatoms. The predicted molar refractivity (Wildman–Crippen MR) is 167 cm³/mol. The number of aliphatic hydroxyl groups excluding tert-OH is 1. The minimum absolute atomic E-state index is 0.00200. The summed E-state index contributed by atoms with van der Waals surface area (Å²) in [6.07, 6.45) is 8.05. The third-order valence-electron chi connectivity index (χ3n) is 8.54. The number of methoxy groups -OCH3 is 1. The number of amides is 4. The molecule has 1 aliphatic heterocycles. The van der Waals surface area contributed by atoms with Gasteiger partial charge in [-0.15, -0.1) is 0 Å². The van der Waals surface area contributed by atoms with Crippen LogP contribution in [0.25, 0.3) is 0 Å². The number of carbonyl (C=O) groups excluding carboxylic acids is 3. The van der Waals surface area contributed by atoms with Gasteiger partial charge >= 0.3 is 12.1 Å². The quantitative estimate of drug-likeness (QED) is 0.200. The second-order valence-corrected chi connectivity index (χ2v) is 12.3. The van der Waals surface area contributed by atoms with Gasteiger partial charge in [0.15, 0.2) is 0 Å². The van der Waals surface area contributed by atoms with Crippen LogP contribution in [0.4, 0.5) is 9.59 Å². The average molecular weight is 623 g/mol. The lowest BCUT2D eigenvalue weighted by Gasteiger charge is -2.38. The Labute approximate surface area is 261 Å². The third-order valence-corrected chi connectivity index (χ3v) is 8.77. The van der Waals surface area contributed by atoms with Crippen LogP contribution in [0.2, 0.25) is 5.02 Å². The second-order valence-electron chi connectivity index (χ2n) is 11.9. The Balaban J connectivity index is 1.67. The Morgan fingerprint density at radius 3 is 2.60 bits per heavy atom. The van der Waals surface area contributed by atoms with Crippen molar-refractivity contribution in [3.05, 3.63) is 34.9 Å². The van der Waals surface area contributed by atoms with Crippen molar-refractivity contribution in [2.24, 2.45) is 11.8 Å². The van der Waals surface area contributed by atoms with Crippen LogP contribution in [0.5, 0.6) is 0 Å². The number of nitrogens with one attached hydrogen (secondary N) is 3. The van der Waals surface area contributed by atoms with E-state index >= 15 is 0 Å². The molecule has 0 spiro atoms. The molecular formula is C32H51ClN4O6. The van der Waals surface area contributed by atoms with E-state index in [0.717, 1.165) is 56.9 Å². The number of hydrogen-bond acceptors (Lipinski definition) is 6. The molecule has 4 amide bonds. The number of urea groups is 1. The Morgan fingerprint density at radius 1 is 1.09 bits per heavy atom. The lowest BCUT2D eigenvalue weighted by Crippen LogP contribution is -2.53. The van der Waals surface area contributed by atoms with Crippen LogP contribution in [-0.4, -0.2) is 80.1 Å². The maximum atomic E-state index is 13.7. The molecule has 4 N–H and O–H groups in total. The van der Waals surface area contributed by atoms with Gasteiger partial charge < -0.3 is 35.4 Å². The van der Waals surface area contributed by atoms with E-state index in [1.165, 1.54) is 13.5 Å². The third kappa shape index (κ3) is 12.2. The predicted octanol–water partition coefficient (Wildman–Crippen LogP) is 5.18. The first-order valence-electron chi connectivity index (χ1n) is 16.0. The van der Waals surface area contributed by atoms with Gasteiger partial charge in [-0.3, -0.25) is 4.79 Å². The molecule has 2 fully saturated rings. The molecule has 0 radical (unpaired) electrons. The zero-order valence-electron chi connectivity index (χ0n) is 25.8. The summed E-state index contributed by atoms with van der Waals surface area (Å²) in [5.41, 5.74) is 0.914. The van der Waals surface area contributed by atoms with Gasteiger partial charge in [-0.05, 0) is 49.3 Å². The lowest BCUT2D eigenvalue weighted by molar-refractivity contribution is -0.123. The lowest BCUT2D eigenvalue weighted by atomic mass is 9.83. The van der Waals surface area contributed by atoms with E-state index in [1.54, 1.807) is 4.90 Å². The first-order valence-corrected chi connectivity index (χ1v) is 16.4. The summed E-state index contributed by atoms with van der Waals surface area (Å²) in [4.78, 5) is 39.4. The molecule has 1 aliphatic carbocycles. The summed E-state index contributed by atoms with van der Waals surface area (Å²) in [6.45, 7) is 4.27. The van der Waals surface area contributed by atoms with E-state index in [9.17, 15) is 19.5 Å². The molecule has 242 valence electrons. The van der Waals surface area contributed by atoms with Crippen molar-refractivity contribution in [1.82, 2.24) is 20.9 Å². The maximum Gasteiger partial charge on any atom is 0.406 e. The first-order chi connectivity index (χ1) is 20.8. The zero-order chi connectivity index (χ0) is 31.0. The molecule has 2 unspecified atom stereocenters. The van der Waals surface area contributed by atoms with Crippen LogP contribution in [0.3, 0.4) is 0 Å². The number of ether oxygens (including phenoxy) is 2. The van der Waals surface area contributed by atoms with Crippen molar-refractivity contribution in [2.45, 2.75) is 95.8 Å². The number of likely N-dealkylation sites (tertiary alicyclic amines) is 1. The van der Waals surface area contributed by atoms with Gasteiger partial charge in [-0.2, -0.15) is 0 Å². The molecule has 1 saturated carbocycles. The molecule has 43 heavy (non-hydrogen) atoms. The Bertz CT molecular complexity index is 1010. The van der Waals surface area contributed by atoms with Gasteiger partial charge in [-0.1, -0.05) is 69.2 Å². The summed E-state index contributed by atoms with van der Waals surface area (Å²) < 4.78 is 10.9. The number of rotatable bonds is 15. The Morgan fingerprint density at radius 2 is 1.88 bits per heavy atom. The molecule has 2 aliphatic rings. The normalized spacial score (nSPS) is 19.6. The Kier molecular flexibility index (Phi) is 15.4. The molecule has 1 aromatic carbocycles. The van der Waals surface area contributed by atoms with Crippen LogP contribution in [0, 0.1) is 11.8 Å². The zero-order valence-corrected chi connectivity index (χ0v) is 26.6. The average Bonchev–Trinajstić information content (AvgIpc) is 3.01. The molecule has 10 nitrogen and oxygen atoms in total. The molecule has 1 heterocycles. The fraction of sp³-hybridized carbons (Fsp3) is 0.719. The molecule has 4 atom stereocenters. The van der Waals surface area contributed by atoms with E-state index in [1.807, 2.05) is 24.3 Å². The molecular weight excluding hydrogens is 572 g/mol. The van der Waals surface area contributed by atoms with Crippen molar-refractivity contribution >= 4 is 29.6 Å². The highest BCUT2D eigenvalue weighted by atomic mass is 35.5. The highest BCUT2D eigenvalue weighted by Gasteiger charge is 2.34. The number of benzene rings is 1. The summed E-state index contributed by atoms with van der Waals surface area (Å²) in [7, 11) is 1.31. The summed E-state index contributed by atoms with van der Waals surface area (Å²) in [5.74, 6) is 0.234. The van der Waals surface area contributed by atoms with Gasteiger partial charge in [0, 0.05) is 37.1 Å². The minimum atomic E-state index is -0.960. The van der Waals surface area contributed by atoms with Gasteiger partial charge in [0.05, 0.1) is 38.4 Å². The SMILES string of the molecule is CCCCNC(=O)CC(O)C(CC1CCCCC1)NC(=O)N1CCC[C@@H]([C@@H](OCCNC(=O)OC)c2cccc(Cl)c2)C1. The number of nitrogens with zero attached hydrogens (tertiary/aromatic N) is 1. The van der Waals surface area contributed by atoms with Crippen LogP contribution < -0.4 is 16.0 Å².